The van der Waals surface area contributed by atoms with Gasteiger partial charge in [-0.2, -0.15) is 0 Å². The average Bonchev–Trinajstić information content (AvgIpc) is 2.86. The average molecular weight is 252 g/mol. The van der Waals surface area contributed by atoms with Crippen molar-refractivity contribution >= 4 is 5.84 Å². The van der Waals surface area contributed by atoms with Crippen molar-refractivity contribution in [2.24, 2.45) is 4.99 Å². The largest absolute Gasteiger partial charge is 0.358 e. The molecule has 0 radical (unpaired) electrons. The number of nitrogens with zero attached hydrogens (tertiary/aromatic N) is 2. The highest BCUT2D eigenvalue weighted by Gasteiger charge is 2.29. The normalized spacial score (nSPS) is 23.1. The molecule has 0 bridgehead atoms. The van der Waals surface area contributed by atoms with Gasteiger partial charge in [0.25, 0.3) is 0 Å². The second-order valence-corrected chi connectivity index (χ2v) is 5.48. The van der Waals surface area contributed by atoms with E-state index in [9.17, 15) is 0 Å². The summed E-state index contributed by atoms with van der Waals surface area (Å²) in [6.45, 7) is 5.31. The predicted octanol–water partition coefficient (Wildman–Crippen LogP) is 3.59. The first-order valence-corrected chi connectivity index (χ1v) is 7.83. The van der Waals surface area contributed by atoms with Crippen LogP contribution in [-0.4, -0.2) is 36.7 Å². The van der Waals surface area contributed by atoms with Gasteiger partial charge in [-0.3, -0.25) is 4.99 Å². The van der Waals surface area contributed by atoms with E-state index < -0.39 is 0 Å². The van der Waals surface area contributed by atoms with Crippen LogP contribution in [0.25, 0.3) is 0 Å². The van der Waals surface area contributed by atoms with Gasteiger partial charge in [-0.1, -0.05) is 39.0 Å². The zero-order valence-electron chi connectivity index (χ0n) is 11.9. The third-order valence-electron chi connectivity index (χ3n) is 3.96. The number of unbranched alkanes of at least 4 members (excludes halogenated alkanes) is 5. The van der Waals surface area contributed by atoms with Crippen LogP contribution in [0.2, 0.25) is 0 Å². The number of fused-ring (bicyclic) bond motifs is 1. The summed E-state index contributed by atoms with van der Waals surface area (Å²) in [5, 5.41) is 0. The molecule has 2 rings (SSSR count). The summed E-state index contributed by atoms with van der Waals surface area (Å²) in [7, 11) is 0. The lowest BCUT2D eigenvalue weighted by Gasteiger charge is -2.32. The molecule has 1 atom stereocenters. The fourth-order valence-electron chi connectivity index (χ4n) is 2.90. The van der Waals surface area contributed by atoms with Gasteiger partial charge >= 0.3 is 0 Å². The Kier molecular flexibility index (Phi) is 5.98. The molecule has 1 unspecified atom stereocenters. The van der Waals surface area contributed by atoms with Crippen LogP contribution < -0.4 is 0 Å². The van der Waals surface area contributed by atoms with E-state index >= 15 is 0 Å². The van der Waals surface area contributed by atoms with Crippen LogP contribution in [0.5, 0.6) is 0 Å². The van der Waals surface area contributed by atoms with Crippen molar-refractivity contribution in [3.63, 3.8) is 0 Å². The number of ether oxygens (including phenoxy) is 1. The molecule has 2 heterocycles. The fourth-order valence-corrected chi connectivity index (χ4v) is 2.90. The summed E-state index contributed by atoms with van der Waals surface area (Å²) in [5.74, 6) is 1.30. The van der Waals surface area contributed by atoms with Crippen molar-refractivity contribution in [1.29, 1.82) is 0 Å². The molecule has 1 fully saturated rings. The van der Waals surface area contributed by atoms with Gasteiger partial charge in [-0.05, 0) is 12.8 Å². The highest BCUT2D eigenvalue weighted by Crippen LogP contribution is 2.22. The first-order chi connectivity index (χ1) is 8.92. The molecule has 0 spiro atoms. The summed E-state index contributed by atoms with van der Waals surface area (Å²) in [6.07, 6.45) is 11.9. The fraction of sp³-hybridized carbons (Fsp3) is 0.933. The highest BCUT2D eigenvalue weighted by molar-refractivity contribution is 5.84. The molecular weight excluding hydrogens is 224 g/mol. The molecule has 2 aliphatic rings. The van der Waals surface area contributed by atoms with Crippen molar-refractivity contribution in [3.8, 4) is 0 Å². The van der Waals surface area contributed by atoms with Gasteiger partial charge in [-0.15, -0.1) is 0 Å². The van der Waals surface area contributed by atoms with Gasteiger partial charge in [0.15, 0.2) is 0 Å². The number of rotatable bonds is 8. The van der Waals surface area contributed by atoms with E-state index in [0.717, 1.165) is 32.5 Å². The standard InChI is InChI=1S/C15H28N2O/c1-2-3-4-5-6-7-13-18-15-10-11-16-14-9-8-12-17(14)15/h15H,2-13H2,1H3. The number of aliphatic imine (C=N–C) groups is 1. The second-order valence-electron chi connectivity index (χ2n) is 5.48. The van der Waals surface area contributed by atoms with Crippen molar-refractivity contribution < 1.29 is 4.74 Å². The van der Waals surface area contributed by atoms with Crippen LogP contribution in [0.15, 0.2) is 4.99 Å². The molecule has 104 valence electrons. The molecule has 1 saturated heterocycles. The van der Waals surface area contributed by atoms with Crippen LogP contribution in [0.3, 0.4) is 0 Å². The molecule has 3 nitrogen and oxygen atoms in total. The van der Waals surface area contributed by atoms with Gasteiger partial charge < -0.3 is 9.64 Å². The molecular formula is C15H28N2O. The third-order valence-corrected chi connectivity index (χ3v) is 3.96. The van der Waals surface area contributed by atoms with Gasteiger partial charge in [0.1, 0.15) is 12.1 Å². The summed E-state index contributed by atoms with van der Waals surface area (Å²) in [6, 6.07) is 0. The summed E-state index contributed by atoms with van der Waals surface area (Å²) in [4.78, 5) is 6.97. The molecule has 0 aromatic carbocycles. The lowest BCUT2D eigenvalue weighted by atomic mass is 10.1. The monoisotopic (exact) mass is 252 g/mol. The zero-order chi connectivity index (χ0) is 12.6. The van der Waals surface area contributed by atoms with E-state index in [2.05, 4.69) is 16.8 Å². The van der Waals surface area contributed by atoms with E-state index in [0.29, 0.717) is 6.23 Å². The minimum absolute atomic E-state index is 0.329. The molecule has 2 aliphatic heterocycles. The van der Waals surface area contributed by atoms with Gasteiger partial charge in [-0.25, -0.2) is 0 Å². The summed E-state index contributed by atoms with van der Waals surface area (Å²) in [5.41, 5.74) is 0. The maximum absolute atomic E-state index is 6.05. The Morgan fingerprint density at radius 2 is 2.06 bits per heavy atom. The summed E-state index contributed by atoms with van der Waals surface area (Å²) < 4.78 is 6.05. The lowest BCUT2D eigenvalue weighted by Crippen LogP contribution is -2.41. The van der Waals surface area contributed by atoms with E-state index in [1.165, 1.54) is 50.8 Å². The van der Waals surface area contributed by atoms with Crippen LogP contribution in [0.4, 0.5) is 0 Å². The first kappa shape index (κ1) is 13.9. The highest BCUT2D eigenvalue weighted by atomic mass is 16.5. The van der Waals surface area contributed by atoms with E-state index in [1.807, 2.05) is 0 Å². The Bertz CT molecular complexity index is 265. The SMILES string of the molecule is CCCCCCCCOC1CCN=C2CCCN21. The molecule has 18 heavy (non-hydrogen) atoms. The quantitative estimate of drug-likeness (QED) is 0.617. The Hall–Kier alpha value is -0.570. The van der Waals surface area contributed by atoms with E-state index in [4.69, 9.17) is 4.74 Å². The van der Waals surface area contributed by atoms with Gasteiger partial charge in [0.2, 0.25) is 0 Å². The van der Waals surface area contributed by atoms with Crippen molar-refractivity contribution in [2.75, 3.05) is 19.7 Å². The number of hydrogen-bond acceptors (Lipinski definition) is 3. The van der Waals surface area contributed by atoms with Crippen molar-refractivity contribution in [2.45, 2.75) is 70.9 Å². The smallest absolute Gasteiger partial charge is 0.132 e. The van der Waals surface area contributed by atoms with Crippen LogP contribution >= 0.6 is 0 Å². The predicted molar refractivity (Wildman–Crippen MR) is 76.0 cm³/mol. The third kappa shape index (κ3) is 3.98. The lowest BCUT2D eigenvalue weighted by molar-refractivity contribution is -0.0314. The van der Waals surface area contributed by atoms with E-state index in [-0.39, 0.29) is 0 Å². The van der Waals surface area contributed by atoms with Crippen LogP contribution in [0, 0.1) is 0 Å². The Balaban J connectivity index is 1.55. The van der Waals surface area contributed by atoms with Crippen LogP contribution in [-0.2, 0) is 4.74 Å². The molecule has 0 aromatic rings. The Labute approximate surface area is 112 Å². The van der Waals surface area contributed by atoms with E-state index in [1.54, 1.807) is 0 Å². The maximum atomic E-state index is 6.05. The molecule has 3 heteroatoms. The minimum atomic E-state index is 0.329. The molecule has 0 saturated carbocycles. The maximum Gasteiger partial charge on any atom is 0.132 e. The van der Waals surface area contributed by atoms with Crippen molar-refractivity contribution in [1.82, 2.24) is 4.90 Å². The zero-order valence-corrected chi connectivity index (χ0v) is 11.9. The molecule has 0 amide bonds. The summed E-state index contributed by atoms with van der Waals surface area (Å²) >= 11 is 0. The van der Waals surface area contributed by atoms with Gasteiger partial charge in [0, 0.05) is 32.5 Å². The van der Waals surface area contributed by atoms with Gasteiger partial charge in [0.05, 0.1) is 0 Å². The topological polar surface area (TPSA) is 24.8 Å². The van der Waals surface area contributed by atoms with Crippen LogP contribution in [0.1, 0.15) is 64.7 Å². The Morgan fingerprint density at radius 3 is 2.94 bits per heavy atom. The molecule has 0 N–H and O–H groups in total. The number of amidine groups is 1. The second kappa shape index (κ2) is 7.78. The molecule has 0 aliphatic carbocycles. The Morgan fingerprint density at radius 1 is 1.22 bits per heavy atom. The number of hydrogen-bond donors (Lipinski definition) is 0. The van der Waals surface area contributed by atoms with Crippen molar-refractivity contribution in [3.05, 3.63) is 0 Å². The minimum Gasteiger partial charge on any atom is -0.358 e. The first-order valence-electron chi connectivity index (χ1n) is 7.83. The molecule has 0 aromatic heterocycles.